The van der Waals surface area contributed by atoms with Crippen molar-refractivity contribution >= 4 is 11.8 Å². The van der Waals surface area contributed by atoms with Crippen LogP contribution >= 0.6 is 0 Å². The van der Waals surface area contributed by atoms with Crippen LogP contribution in [0, 0.1) is 11.8 Å². The molecule has 172 valence electrons. The van der Waals surface area contributed by atoms with Crippen molar-refractivity contribution in [2.45, 2.75) is 45.1 Å². The van der Waals surface area contributed by atoms with E-state index in [0.29, 0.717) is 18.7 Å². The number of hydrogen-bond donors (Lipinski definition) is 4. The Balaban J connectivity index is 1.95. The molecule has 4 N–H and O–H groups in total. The number of hydroxylamine groups is 1. The first-order valence-electron chi connectivity index (χ1n) is 10.0. The van der Waals surface area contributed by atoms with Gasteiger partial charge in [0.15, 0.2) is 11.5 Å². The minimum atomic E-state index is -3.76. The summed E-state index contributed by atoms with van der Waals surface area (Å²) in [5.74, 6) is -2.90. The molecular weight excluding hydrogens is 416 g/mol. The third-order valence-electron chi connectivity index (χ3n) is 5.67. The number of hydrogen-bond acceptors (Lipinski definition) is 7. The summed E-state index contributed by atoms with van der Waals surface area (Å²) in [5, 5.41) is 22.5. The van der Waals surface area contributed by atoms with Gasteiger partial charge in [-0.05, 0) is 37.0 Å². The summed E-state index contributed by atoms with van der Waals surface area (Å²) < 4.78 is 35.9. The zero-order valence-corrected chi connectivity index (χ0v) is 17.5. The van der Waals surface area contributed by atoms with Gasteiger partial charge in [-0.3, -0.25) is 14.8 Å². The van der Waals surface area contributed by atoms with E-state index < -0.39 is 35.7 Å². The Labute approximate surface area is 178 Å². The second kappa shape index (κ2) is 8.56. The number of carbonyl (C=O) groups is 2. The second-order valence-corrected chi connectivity index (χ2v) is 8.43. The quantitative estimate of drug-likeness (QED) is 0.385. The smallest absolute Gasteiger partial charge is 0.395 e. The highest BCUT2D eigenvalue weighted by atomic mass is 19.3. The molecule has 2 amide bonds. The summed E-state index contributed by atoms with van der Waals surface area (Å²) >= 11 is 0. The van der Waals surface area contributed by atoms with Crippen molar-refractivity contribution in [3.05, 3.63) is 23.8 Å². The summed E-state index contributed by atoms with van der Waals surface area (Å²) in [6, 6.07) is 4.33. The molecule has 1 fully saturated rings. The molecule has 1 aromatic carbocycles. The van der Waals surface area contributed by atoms with Gasteiger partial charge in [0, 0.05) is 19.6 Å². The van der Waals surface area contributed by atoms with Crippen LogP contribution in [0.25, 0.3) is 0 Å². The summed E-state index contributed by atoms with van der Waals surface area (Å²) in [5.41, 5.74) is 0.941. The van der Waals surface area contributed by atoms with E-state index in [1.807, 2.05) is 13.8 Å². The predicted molar refractivity (Wildman–Crippen MR) is 103 cm³/mol. The van der Waals surface area contributed by atoms with Crippen molar-refractivity contribution in [3.8, 4) is 11.5 Å². The zero-order valence-electron chi connectivity index (χ0n) is 17.5. The number of nitrogens with zero attached hydrogens (tertiary/aromatic N) is 1. The highest BCUT2D eigenvalue weighted by Gasteiger charge is 2.47. The van der Waals surface area contributed by atoms with Crippen molar-refractivity contribution in [2.75, 3.05) is 19.6 Å². The molecule has 0 unspecified atom stereocenters. The number of piperazine rings is 1. The van der Waals surface area contributed by atoms with Gasteiger partial charge in [-0.2, -0.15) is 0 Å². The minimum Gasteiger partial charge on any atom is -0.395 e. The van der Waals surface area contributed by atoms with Gasteiger partial charge in [0.25, 0.3) is 5.91 Å². The monoisotopic (exact) mass is 443 g/mol. The third-order valence-corrected chi connectivity index (χ3v) is 5.67. The summed E-state index contributed by atoms with van der Waals surface area (Å²) in [6.45, 7) is 6.50. The molecule has 2 aliphatic rings. The minimum absolute atomic E-state index is 0.0166. The number of benzene rings is 1. The van der Waals surface area contributed by atoms with Gasteiger partial charge in [0.1, 0.15) is 6.10 Å². The normalized spacial score (nSPS) is 24.1. The highest BCUT2D eigenvalue weighted by molar-refractivity contribution is 5.89. The van der Waals surface area contributed by atoms with Gasteiger partial charge in [-0.1, -0.05) is 19.9 Å². The number of carbonyl (C=O) groups excluding carboxylic acids is 2. The lowest BCUT2D eigenvalue weighted by atomic mass is 9.84. The molecule has 0 spiro atoms. The van der Waals surface area contributed by atoms with Gasteiger partial charge in [0.05, 0.1) is 11.5 Å². The van der Waals surface area contributed by atoms with Crippen LogP contribution in [-0.2, 0) is 15.1 Å². The SMILES string of the molecule is CC(C)C[C@H](C(=O)N1CCNC[C@@]1(C)c1ccc2c(c1)OC(F)(F)O2)[C@H](O)C(=O)NO. The van der Waals surface area contributed by atoms with Gasteiger partial charge >= 0.3 is 6.29 Å². The Bertz CT molecular complexity index is 852. The average Bonchev–Trinajstić information content (AvgIpc) is 3.03. The van der Waals surface area contributed by atoms with Crippen LogP contribution in [0.15, 0.2) is 18.2 Å². The lowest BCUT2D eigenvalue weighted by Gasteiger charge is -2.47. The molecule has 0 aliphatic carbocycles. The van der Waals surface area contributed by atoms with Crippen LogP contribution in [-0.4, -0.2) is 59.1 Å². The van der Waals surface area contributed by atoms with Crippen LogP contribution in [0.5, 0.6) is 11.5 Å². The molecule has 11 heteroatoms. The summed E-state index contributed by atoms with van der Waals surface area (Å²) in [6.07, 6.45) is -5.29. The Morgan fingerprint density at radius 2 is 1.97 bits per heavy atom. The molecule has 31 heavy (non-hydrogen) atoms. The number of aliphatic hydroxyl groups is 1. The predicted octanol–water partition coefficient (Wildman–Crippen LogP) is 1.18. The van der Waals surface area contributed by atoms with Crippen LogP contribution in [0.4, 0.5) is 8.78 Å². The highest BCUT2D eigenvalue weighted by Crippen LogP contribution is 2.44. The van der Waals surface area contributed by atoms with E-state index >= 15 is 0 Å². The van der Waals surface area contributed by atoms with Crippen molar-refractivity contribution in [3.63, 3.8) is 0 Å². The standard InChI is InChI=1S/C20H27F2N3O6/c1-11(2)8-13(16(26)17(27)24-29)18(28)25-7-6-23-10-19(25,3)12-4-5-14-15(9-12)31-20(21,22)30-14/h4-5,9,11,13,16,23,26,29H,6-8,10H2,1-3H3,(H,24,27)/t13-,16-,19-/m0/s1. The number of halogens is 2. The summed E-state index contributed by atoms with van der Waals surface area (Å²) in [4.78, 5) is 26.9. The van der Waals surface area contributed by atoms with Gasteiger partial charge in [-0.15, -0.1) is 8.78 Å². The molecule has 0 radical (unpaired) electrons. The number of rotatable bonds is 6. The second-order valence-electron chi connectivity index (χ2n) is 8.43. The molecule has 0 saturated carbocycles. The molecule has 1 saturated heterocycles. The number of alkyl halides is 2. The first kappa shape index (κ1) is 23.2. The zero-order chi connectivity index (χ0) is 23.0. The van der Waals surface area contributed by atoms with Crippen molar-refractivity contribution in [1.82, 2.24) is 15.7 Å². The molecule has 2 heterocycles. The van der Waals surface area contributed by atoms with E-state index in [4.69, 9.17) is 5.21 Å². The molecule has 9 nitrogen and oxygen atoms in total. The molecule has 1 aromatic rings. The molecule has 0 aromatic heterocycles. The van der Waals surface area contributed by atoms with Crippen molar-refractivity contribution in [1.29, 1.82) is 0 Å². The Morgan fingerprint density at radius 3 is 2.61 bits per heavy atom. The summed E-state index contributed by atoms with van der Waals surface area (Å²) in [7, 11) is 0. The molecule has 3 rings (SSSR count). The fourth-order valence-corrected chi connectivity index (χ4v) is 4.08. The average molecular weight is 443 g/mol. The Hall–Kier alpha value is -2.50. The fourth-order valence-electron chi connectivity index (χ4n) is 4.08. The van der Waals surface area contributed by atoms with Gasteiger partial charge in [-0.25, -0.2) is 5.48 Å². The first-order valence-corrected chi connectivity index (χ1v) is 10.0. The fraction of sp³-hybridized carbons (Fsp3) is 0.600. The maximum Gasteiger partial charge on any atom is 0.586 e. The largest absolute Gasteiger partial charge is 0.586 e. The van der Waals surface area contributed by atoms with Crippen LogP contribution in [0.1, 0.15) is 32.8 Å². The van der Waals surface area contributed by atoms with Crippen LogP contribution in [0.2, 0.25) is 0 Å². The lowest BCUT2D eigenvalue weighted by Crippen LogP contribution is -2.62. The van der Waals surface area contributed by atoms with Crippen LogP contribution < -0.4 is 20.3 Å². The molecular formula is C20H27F2N3O6. The Morgan fingerprint density at radius 1 is 1.29 bits per heavy atom. The number of amides is 2. The van der Waals surface area contributed by atoms with E-state index in [-0.39, 0.29) is 30.4 Å². The van der Waals surface area contributed by atoms with Gasteiger partial charge < -0.3 is 24.8 Å². The lowest BCUT2D eigenvalue weighted by molar-refractivity contribution is -0.286. The van der Waals surface area contributed by atoms with Crippen molar-refractivity contribution in [2.24, 2.45) is 11.8 Å². The first-order chi connectivity index (χ1) is 14.5. The van der Waals surface area contributed by atoms with Crippen LogP contribution in [0.3, 0.4) is 0 Å². The maximum atomic E-state index is 13.5. The Kier molecular flexibility index (Phi) is 6.40. The third kappa shape index (κ3) is 4.58. The van der Waals surface area contributed by atoms with Crippen molar-refractivity contribution < 1.29 is 38.2 Å². The van der Waals surface area contributed by atoms with E-state index in [0.717, 1.165) is 0 Å². The van der Waals surface area contributed by atoms with E-state index in [2.05, 4.69) is 14.8 Å². The number of nitrogens with one attached hydrogen (secondary N) is 2. The van der Waals surface area contributed by atoms with E-state index in [1.54, 1.807) is 13.0 Å². The molecule has 0 bridgehead atoms. The van der Waals surface area contributed by atoms with E-state index in [9.17, 15) is 23.5 Å². The maximum absolute atomic E-state index is 13.5. The topological polar surface area (TPSA) is 120 Å². The molecule has 3 atom stereocenters. The number of fused-ring (bicyclic) bond motifs is 1. The molecule has 2 aliphatic heterocycles. The van der Waals surface area contributed by atoms with E-state index in [1.165, 1.54) is 22.5 Å². The van der Waals surface area contributed by atoms with Gasteiger partial charge in [0.2, 0.25) is 5.91 Å². The number of ether oxygens (including phenoxy) is 2. The number of aliphatic hydroxyl groups excluding tert-OH is 1.